The molecule has 136 valence electrons. The van der Waals surface area contributed by atoms with Crippen molar-refractivity contribution >= 4 is 21.6 Å². The van der Waals surface area contributed by atoms with E-state index in [0.29, 0.717) is 10.6 Å². The van der Waals surface area contributed by atoms with Crippen LogP contribution in [0.4, 0.5) is 0 Å². The van der Waals surface area contributed by atoms with E-state index >= 15 is 0 Å². The first-order chi connectivity index (χ1) is 12.5. The van der Waals surface area contributed by atoms with E-state index < -0.39 is 10.0 Å². The molecule has 0 bridgehead atoms. The maximum absolute atomic E-state index is 12.5. The normalized spacial score (nSPS) is 16.3. The summed E-state index contributed by atoms with van der Waals surface area (Å²) in [5, 5.41) is 9.36. The molecule has 1 N–H and O–H groups in total. The molecule has 0 saturated carbocycles. The van der Waals surface area contributed by atoms with E-state index in [4.69, 9.17) is 16.9 Å². The Balaban J connectivity index is 1.53. The molecule has 0 spiro atoms. The lowest BCUT2D eigenvalue weighted by Crippen LogP contribution is -2.44. The molecule has 3 rings (SSSR count). The number of hydrogen-bond acceptors (Lipinski definition) is 4. The lowest BCUT2D eigenvalue weighted by Gasteiger charge is -2.32. The zero-order valence-electron chi connectivity index (χ0n) is 14.2. The van der Waals surface area contributed by atoms with Crippen molar-refractivity contribution in [1.82, 2.24) is 9.62 Å². The molecule has 26 heavy (non-hydrogen) atoms. The minimum absolute atomic E-state index is 0.0621. The standard InChI is InChI=1S/C19H20ClN3O2S/c20-17-5-7-19(8-6-17)26(24,25)22-18-9-11-23(12-10-18)14-16-3-1-15(13-21)2-4-16/h1-8,18,22H,9-12,14H2. The summed E-state index contributed by atoms with van der Waals surface area (Å²) in [5.74, 6) is 0. The quantitative estimate of drug-likeness (QED) is 0.852. The van der Waals surface area contributed by atoms with Gasteiger partial charge in [-0.05, 0) is 54.8 Å². The van der Waals surface area contributed by atoms with Crippen LogP contribution in [0, 0.1) is 11.3 Å². The second-order valence-corrected chi connectivity index (χ2v) is 8.58. The molecular formula is C19H20ClN3O2S. The Kier molecular flexibility index (Phi) is 5.94. The van der Waals surface area contributed by atoms with Gasteiger partial charge in [0.25, 0.3) is 0 Å². The Morgan fingerprint density at radius 1 is 1.08 bits per heavy atom. The highest BCUT2D eigenvalue weighted by Gasteiger charge is 2.24. The number of benzene rings is 2. The van der Waals surface area contributed by atoms with E-state index in [2.05, 4.69) is 15.7 Å². The lowest BCUT2D eigenvalue weighted by molar-refractivity contribution is 0.200. The maximum Gasteiger partial charge on any atom is 0.240 e. The van der Waals surface area contributed by atoms with Gasteiger partial charge in [0.2, 0.25) is 10.0 Å². The summed E-state index contributed by atoms with van der Waals surface area (Å²) < 4.78 is 27.7. The summed E-state index contributed by atoms with van der Waals surface area (Å²) >= 11 is 5.82. The fraction of sp³-hybridized carbons (Fsp3) is 0.316. The molecule has 1 aliphatic heterocycles. The third-order valence-corrected chi connectivity index (χ3v) is 6.31. The Morgan fingerprint density at radius 2 is 1.69 bits per heavy atom. The molecule has 2 aromatic rings. The summed E-state index contributed by atoms with van der Waals surface area (Å²) in [6.07, 6.45) is 1.53. The van der Waals surface area contributed by atoms with E-state index in [0.717, 1.165) is 38.0 Å². The first-order valence-electron chi connectivity index (χ1n) is 8.45. The molecule has 1 saturated heterocycles. The second kappa shape index (κ2) is 8.19. The van der Waals surface area contributed by atoms with Gasteiger partial charge in [-0.3, -0.25) is 4.90 Å². The van der Waals surface area contributed by atoms with Crippen molar-refractivity contribution in [2.45, 2.75) is 30.3 Å². The fourth-order valence-electron chi connectivity index (χ4n) is 3.05. The largest absolute Gasteiger partial charge is 0.299 e. The van der Waals surface area contributed by atoms with Gasteiger partial charge >= 0.3 is 0 Å². The zero-order valence-corrected chi connectivity index (χ0v) is 15.8. The van der Waals surface area contributed by atoms with Crippen LogP contribution in [0.3, 0.4) is 0 Å². The minimum Gasteiger partial charge on any atom is -0.299 e. The van der Waals surface area contributed by atoms with Gasteiger partial charge in [0.15, 0.2) is 0 Å². The van der Waals surface area contributed by atoms with Gasteiger partial charge < -0.3 is 0 Å². The number of rotatable bonds is 5. The van der Waals surface area contributed by atoms with Crippen LogP contribution in [0.15, 0.2) is 53.4 Å². The molecular weight excluding hydrogens is 370 g/mol. The SMILES string of the molecule is N#Cc1ccc(CN2CCC(NS(=O)(=O)c3ccc(Cl)cc3)CC2)cc1. The van der Waals surface area contributed by atoms with Crippen molar-refractivity contribution in [3.8, 4) is 6.07 Å². The molecule has 1 heterocycles. The molecule has 1 fully saturated rings. The van der Waals surface area contributed by atoms with Crippen molar-refractivity contribution in [1.29, 1.82) is 5.26 Å². The van der Waals surface area contributed by atoms with Crippen molar-refractivity contribution < 1.29 is 8.42 Å². The van der Waals surface area contributed by atoms with Gasteiger partial charge in [-0.2, -0.15) is 5.26 Å². The van der Waals surface area contributed by atoms with Gasteiger partial charge in [0, 0.05) is 30.7 Å². The Morgan fingerprint density at radius 3 is 2.27 bits per heavy atom. The molecule has 1 aliphatic rings. The van der Waals surface area contributed by atoms with Crippen molar-refractivity contribution in [2.24, 2.45) is 0 Å². The first-order valence-corrected chi connectivity index (χ1v) is 10.3. The topological polar surface area (TPSA) is 73.2 Å². The monoisotopic (exact) mass is 389 g/mol. The molecule has 0 amide bonds. The molecule has 7 heteroatoms. The number of likely N-dealkylation sites (tertiary alicyclic amines) is 1. The molecule has 5 nitrogen and oxygen atoms in total. The first kappa shape index (κ1) is 18.9. The molecule has 0 aliphatic carbocycles. The number of nitriles is 1. The van der Waals surface area contributed by atoms with Crippen LogP contribution in [0.25, 0.3) is 0 Å². The number of sulfonamides is 1. The fourth-order valence-corrected chi connectivity index (χ4v) is 4.48. The van der Waals surface area contributed by atoms with Gasteiger partial charge in [-0.15, -0.1) is 0 Å². The minimum atomic E-state index is -3.52. The highest BCUT2D eigenvalue weighted by molar-refractivity contribution is 7.89. The summed E-state index contributed by atoms with van der Waals surface area (Å²) in [5.41, 5.74) is 1.81. The van der Waals surface area contributed by atoms with E-state index in [1.54, 1.807) is 12.1 Å². The average Bonchev–Trinajstić information content (AvgIpc) is 2.64. The van der Waals surface area contributed by atoms with Gasteiger partial charge in [-0.25, -0.2) is 13.1 Å². The molecule has 0 aromatic heterocycles. The Bertz CT molecular complexity index is 882. The smallest absolute Gasteiger partial charge is 0.240 e. The van der Waals surface area contributed by atoms with Crippen LogP contribution < -0.4 is 4.72 Å². The summed E-state index contributed by atoms with van der Waals surface area (Å²) in [6.45, 7) is 2.46. The highest BCUT2D eigenvalue weighted by Crippen LogP contribution is 2.18. The zero-order chi connectivity index (χ0) is 18.6. The van der Waals surface area contributed by atoms with E-state index in [1.165, 1.54) is 12.1 Å². The number of nitrogens with one attached hydrogen (secondary N) is 1. The summed E-state index contributed by atoms with van der Waals surface area (Å²) in [7, 11) is -3.52. The van der Waals surface area contributed by atoms with E-state index in [1.807, 2.05) is 24.3 Å². The van der Waals surface area contributed by atoms with E-state index in [-0.39, 0.29) is 10.9 Å². The number of nitrogens with zero attached hydrogens (tertiary/aromatic N) is 2. The molecule has 0 atom stereocenters. The number of halogens is 1. The van der Waals surface area contributed by atoms with Crippen molar-refractivity contribution in [2.75, 3.05) is 13.1 Å². The molecule has 0 unspecified atom stereocenters. The van der Waals surface area contributed by atoms with Crippen LogP contribution in [-0.2, 0) is 16.6 Å². The van der Waals surface area contributed by atoms with Crippen LogP contribution >= 0.6 is 11.6 Å². The Hall–Kier alpha value is -1.91. The predicted molar refractivity (Wildman–Crippen MR) is 101 cm³/mol. The average molecular weight is 390 g/mol. The van der Waals surface area contributed by atoms with Crippen LogP contribution in [0.5, 0.6) is 0 Å². The Labute approximate surface area is 159 Å². The second-order valence-electron chi connectivity index (χ2n) is 6.43. The van der Waals surface area contributed by atoms with Crippen LogP contribution in [0.1, 0.15) is 24.0 Å². The van der Waals surface area contributed by atoms with Crippen LogP contribution in [0.2, 0.25) is 5.02 Å². The highest BCUT2D eigenvalue weighted by atomic mass is 35.5. The van der Waals surface area contributed by atoms with Gasteiger partial charge in [-0.1, -0.05) is 23.7 Å². The maximum atomic E-state index is 12.5. The van der Waals surface area contributed by atoms with Crippen molar-refractivity contribution in [3.05, 3.63) is 64.7 Å². The van der Waals surface area contributed by atoms with Gasteiger partial charge in [0.1, 0.15) is 0 Å². The number of piperidine rings is 1. The predicted octanol–water partition coefficient (Wildman–Crippen LogP) is 3.15. The summed E-state index contributed by atoms with van der Waals surface area (Å²) in [6, 6.07) is 15.8. The third-order valence-electron chi connectivity index (χ3n) is 4.52. The lowest BCUT2D eigenvalue weighted by atomic mass is 10.0. The van der Waals surface area contributed by atoms with Crippen molar-refractivity contribution in [3.63, 3.8) is 0 Å². The van der Waals surface area contributed by atoms with Gasteiger partial charge in [0.05, 0.1) is 16.5 Å². The third kappa shape index (κ3) is 4.83. The molecule has 0 radical (unpaired) electrons. The molecule has 2 aromatic carbocycles. The number of hydrogen-bond donors (Lipinski definition) is 1. The summed E-state index contributed by atoms with van der Waals surface area (Å²) in [4.78, 5) is 2.54. The van der Waals surface area contributed by atoms with Crippen LogP contribution in [-0.4, -0.2) is 32.4 Å². The van der Waals surface area contributed by atoms with E-state index in [9.17, 15) is 8.42 Å².